The molecule has 1 aromatic heterocycles. The molecule has 0 N–H and O–H groups in total. The van der Waals surface area contributed by atoms with Crippen molar-refractivity contribution in [1.82, 2.24) is 9.29 Å². The summed E-state index contributed by atoms with van der Waals surface area (Å²) in [5.74, 6) is -0.0436. The summed E-state index contributed by atoms with van der Waals surface area (Å²) in [6.07, 6.45) is 5.69. The molecule has 28 heavy (non-hydrogen) atoms. The van der Waals surface area contributed by atoms with E-state index in [1.807, 2.05) is 36.4 Å². The van der Waals surface area contributed by atoms with Gasteiger partial charge in [0.1, 0.15) is 5.54 Å². The van der Waals surface area contributed by atoms with Crippen LogP contribution in [-0.4, -0.2) is 30.5 Å². The molecule has 1 saturated carbocycles. The number of hydrogen-bond donors (Lipinski definition) is 0. The molecule has 1 aliphatic rings. The molecule has 0 saturated heterocycles. The summed E-state index contributed by atoms with van der Waals surface area (Å²) in [6, 6.07) is 16.1. The third-order valence-corrected chi connectivity index (χ3v) is 7.67. The number of likely N-dealkylation sites (N-methyl/N-ethyl adjacent to an activating group) is 1. The number of pyridine rings is 1. The van der Waals surface area contributed by atoms with Gasteiger partial charge in [0.25, 0.3) is 0 Å². The first-order valence-electron chi connectivity index (χ1n) is 9.38. The van der Waals surface area contributed by atoms with Crippen LogP contribution in [-0.2, 0) is 20.4 Å². The molecule has 1 heterocycles. The minimum Gasteiger partial charge on any atom is -0.297 e. The van der Waals surface area contributed by atoms with Gasteiger partial charge in [0.2, 0.25) is 10.0 Å². The van der Waals surface area contributed by atoms with Crippen LogP contribution in [0.1, 0.15) is 31.2 Å². The van der Waals surface area contributed by atoms with Crippen molar-refractivity contribution < 1.29 is 13.2 Å². The van der Waals surface area contributed by atoms with Crippen molar-refractivity contribution in [2.24, 2.45) is 0 Å². The molecule has 1 atom stereocenters. The highest BCUT2D eigenvalue weighted by atomic mass is 32.2. The second-order valence-electron chi connectivity index (χ2n) is 7.18. The second kappa shape index (κ2) is 7.11. The van der Waals surface area contributed by atoms with Crippen LogP contribution in [0.5, 0.6) is 0 Å². The van der Waals surface area contributed by atoms with E-state index in [9.17, 15) is 13.2 Å². The zero-order chi connectivity index (χ0) is 19.8. The van der Waals surface area contributed by atoms with Gasteiger partial charge in [-0.1, -0.05) is 48.9 Å². The van der Waals surface area contributed by atoms with E-state index in [1.54, 1.807) is 30.6 Å². The molecule has 3 aromatic rings. The van der Waals surface area contributed by atoms with E-state index in [1.165, 1.54) is 11.4 Å². The fourth-order valence-corrected chi connectivity index (χ4v) is 5.94. The Kier molecular flexibility index (Phi) is 4.77. The maximum Gasteiger partial charge on any atom is 0.244 e. The molecule has 0 spiro atoms. The van der Waals surface area contributed by atoms with Crippen LogP contribution in [0.25, 0.3) is 10.8 Å². The Balaban J connectivity index is 1.91. The van der Waals surface area contributed by atoms with Gasteiger partial charge in [0.05, 0.1) is 4.90 Å². The summed E-state index contributed by atoms with van der Waals surface area (Å²) in [6.45, 7) is 0. The molecule has 0 amide bonds. The number of carbonyl (C=O) groups is 1. The number of sulfonamides is 1. The summed E-state index contributed by atoms with van der Waals surface area (Å²) < 4.78 is 28.7. The van der Waals surface area contributed by atoms with E-state index in [0.717, 1.165) is 23.8 Å². The normalized spacial score (nSPS) is 20.6. The Morgan fingerprint density at radius 1 is 1.00 bits per heavy atom. The van der Waals surface area contributed by atoms with Gasteiger partial charge < -0.3 is 0 Å². The Labute approximate surface area is 165 Å². The fraction of sp³-hybridized carbons (Fsp3) is 0.273. The highest BCUT2D eigenvalue weighted by Gasteiger charge is 2.49. The fourth-order valence-electron chi connectivity index (χ4n) is 4.22. The van der Waals surface area contributed by atoms with Crippen molar-refractivity contribution in [2.45, 2.75) is 36.1 Å². The average molecular weight is 394 g/mol. The van der Waals surface area contributed by atoms with E-state index in [2.05, 4.69) is 4.98 Å². The summed E-state index contributed by atoms with van der Waals surface area (Å²) in [5.41, 5.74) is -0.444. The van der Waals surface area contributed by atoms with Crippen LogP contribution in [0.3, 0.4) is 0 Å². The van der Waals surface area contributed by atoms with Gasteiger partial charge in [-0.15, -0.1) is 0 Å². The molecule has 144 valence electrons. The standard InChI is InChI=1S/C22H22N2O3S/c1-24(22(14-6-5-12-21(22)25)18-9-3-2-4-10-18)28(26,27)20-11-7-8-17-16-23-15-13-19(17)20/h2-4,7-11,13,15-16H,5-6,12,14H2,1H3. The molecule has 0 aliphatic heterocycles. The van der Waals surface area contributed by atoms with Crippen molar-refractivity contribution in [1.29, 1.82) is 0 Å². The largest absolute Gasteiger partial charge is 0.297 e. The Hall–Kier alpha value is -2.57. The van der Waals surface area contributed by atoms with Gasteiger partial charge in [-0.25, -0.2) is 8.42 Å². The van der Waals surface area contributed by atoms with Crippen molar-refractivity contribution >= 4 is 26.6 Å². The molecule has 0 bridgehead atoms. The molecule has 1 unspecified atom stereocenters. The Morgan fingerprint density at radius 2 is 1.79 bits per heavy atom. The third-order valence-electron chi connectivity index (χ3n) is 5.72. The highest BCUT2D eigenvalue weighted by molar-refractivity contribution is 7.89. The van der Waals surface area contributed by atoms with Crippen molar-refractivity contribution in [3.63, 3.8) is 0 Å². The van der Waals surface area contributed by atoms with Gasteiger partial charge in [-0.2, -0.15) is 4.31 Å². The molecule has 0 radical (unpaired) electrons. The van der Waals surface area contributed by atoms with Crippen LogP contribution in [0.15, 0.2) is 71.9 Å². The number of aromatic nitrogens is 1. The summed E-state index contributed by atoms with van der Waals surface area (Å²) in [4.78, 5) is 17.5. The lowest BCUT2D eigenvalue weighted by atomic mass is 9.75. The number of hydrogen-bond acceptors (Lipinski definition) is 4. The number of benzene rings is 2. The van der Waals surface area contributed by atoms with Gasteiger partial charge in [-0.3, -0.25) is 9.78 Å². The predicted octanol–water partition coefficient (Wildman–Crippen LogP) is 3.89. The SMILES string of the molecule is CN(C1(c2ccccc2)CCCCC1=O)S(=O)(=O)c1cccc2cnccc12. The van der Waals surface area contributed by atoms with Gasteiger partial charge in [0, 0.05) is 36.6 Å². The molecule has 6 heteroatoms. The van der Waals surface area contributed by atoms with E-state index in [4.69, 9.17) is 0 Å². The van der Waals surface area contributed by atoms with Crippen LogP contribution < -0.4 is 0 Å². The van der Waals surface area contributed by atoms with Gasteiger partial charge >= 0.3 is 0 Å². The minimum absolute atomic E-state index is 0.0436. The van der Waals surface area contributed by atoms with Gasteiger partial charge in [0.15, 0.2) is 5.78 Å². The second-order valence-corrected chi connectivity index (χ2v) is 9.12. The first kappa shape index (κ1) is 18.8. The van der Waals surface area contributed by atoms with Gasteiger partial charge in [-0.05, 0) is 30.5 Å². The Bertz CT molecular complexity index is 1120. The van der Waals surface area contributed by atoms with E-state index < -0.39 is 15.6 Å². The molecular weight excluding hydrogens is 372 g/mol. The molecule has 2 aromatic carbocycles. The van der Waals surface area contributed by atoms with Crippen LogP contribution in [0, 0.1) is 0 Å². The number of Topliss-reactive ketones (excluding diaryl/α,β-unsaturated/α-hetero) is 1. The number of fused-ring (bicyclic) bond motifs is 1. The van der Waals surface area contributed by atoms with Crippen molar-refractivity contribution in [2.75, 3.05) is 7.05 Å². The molecular formula is C22H22N2O3S. The van der Waals surface area contributed by atoms with Crippen molar-refractivity contribution in [3.8, 4) is 0 Å². The monoisotopic (exact) mass is 394 g/mol. The summed E-state index contributed by atoms with van der Waals surface area (Å²) >= 11 is 0. The zero-order valence-corrected chi connectivity index (χ0v) is 16.5. The first-order valence-corrected chi connectivity index (χ1v) is 10.8. The predicted molar refractivity (Wildman–Crippen MR) is 108 cm³/mol. The van der Waals surface area contributed by atoms with Crippen LogP contribution in [0.4, 0.5) is 0 Å². The smallest absolute Gasteiger partial charge is 0.244 e. The maximum absolute atomic E-state index is 13.7. The molecule has 4 rings (SSSR count). The minimum atomic E-state index is -3.92. The number of nitrogens with zero attached hydrogens (tertiary/aromatic N) is 2. The topological polar surface area (TPSA) is 67.3 Å². The maximum atomic E-state index is 13.7. The number of rotatable bonds is 4. The first-order chi connectivity index (χ1) is 13.5. The molecule has 5 nitrogen and oxygen atoms in total. The molecule has 1 aliphatic carbocycles. The third kappa shape index (κ3) is 2.84. The molecule has 1 fully saturated rings. The van der Waals surface area contributed by atoms with Crippen LogP contribution >= 0.6 is 0 Å². The Morgan fingerprint density at radius 3 is 2.54 bits per heavy atom. The number of carbonyl (C=O) groups excluding carboxylic acids is 1. The zero-order valence-electron chi connectivity index (χ0n) is 15.7. The lowest BCUT2D eigenvalue weighted by molar-refractivity contribution is -0.131. The lowest BCUT2D eigenvalue weighted by Crippen LogP contribution is -2.54. The van der Waals surface area contributed by atoms with E-state index in [0.29, 0.717) is 18.2 Å². The number of ketones is 1. The summed E-state index contributed by atoms with van der Waals surface area (Å²) in [5, 5.41) is 1.36. The van der Waals surface area contributed by atoms with E-state index in [-0.39, 0.29) is 10.7 Å². The average Bonchev–Trinajstić information content (AvgIpc) is 2.74. The van der Waals surface area contributed by atoms with Crippen molar-refractivity contribution in [3.05, 3.63) is 72.6 Å². The quantitative estimate of drug-likeness (QED) is 0.673. The summed E-state index contributed by atoms with van der Waals surface area (Å²) in [7, 11) is -2.39. The van der Waals surface area contributed by atoms with E-state index >= 15 is 0 Å². The highest BCUT2D eigenvalue weighted by Crippen LogP contribution is 2.42. The lowest BCUT2D eigenvalue weighted by Gasteiger charge is -2.42. The van der Waals surface area contributed by atoms with Crippen LogP contribution in [0.2, 0.25) is 0 Å².